The third-order valence-corrected chi connectivity index (χ3v) is 3.27. The minimum atomic E-state index is -0.529. The predicted molar refractivity (Wildman–Crippen MR) is 79.9 cm³/mol. The van der Waals surface area contributed by atoms with E-state index in [1.807, 2.05) is 0 Å². The Morgan fingerprint density at radius 2 is 1.82 bits per heavy atom. The summed E-state index contributed by atoms with van der Waals surface area (Å²) in [6.07, 6.45) is 4.77. The average Bonchev–Trinajstić information content (AvgIpc) is 2.89. The fourth-order valence-corrected chi connectivity index (χ4v) is 2.13. The maximum Gasteiger partial charge on any atom is 0.360 e. The molecule has 110 valence electrons. The number of hydrogen-bond acceptors (Lipinski definition) is 5. The zero-order valence-electron chi connectivity index (χ0n) is 12.1. The molecule has 0 radical (unpaired) electrons. The topological polar surface area (TPSA) is 74.1 Å². The molecular weight excluding hydrogens is 282 g/mol. The minimum absolute atomic E-state index is 0.101. The average molecular weight is 295 g/mol. The number of nitrogens with zero attached hydrogens (tertiary/aromatic N) is 3. The molecule has 6 nitrogen and oxygen atoms in total. The first kappa shape index (κ1) is 13.9. The van der Waals surface area contributed by atoms with Gasteiger partial charge in [0.1, 0.15) is 11.4 Å². The number of benzene rings is 1. The first-order chi connectivity index (χ1) is 10.5. The molecule has 0 bridgehead atoms. The van der Waals surface area contributed by atoms with Crippen LogP contribution < -0.4 is 4.74 Å². The van der Waals surface area contributed by atoms with Gasteiger partial charge in [0.15, 0.2) is 5.78 Å². The molecule has 0 amide bonds. The second kappa shape index (κ2) is 5.40. The van der Waals surface area contributed by atoms with E-state index in [0.717, 1.165) is 5.52 Å². The summed E-state index contributed by atoms with van der Waals surface area (Å²) in [6.45, 7) is 1.45. The van der Waals surface area contributed by atoms with Crippen molar-refractivity contribution in [2.24, 2.45) is 7.05 Å². The second-order valence-corrected chi connectivity index (χ2v) is 4.88. The number of ether oxygens (including phenoxy) is 1. The van der Waals surface area contributed by atoms with Crippen LogP contribution in [0.2, 0.25) is 0 Å². The Kier molecular flexibility index (Phi) is 3.42. The van der Waals surface area contributed by atoms with Crippen molar-refractivity contribution < 1.29 is 14.3 Å². The SMILES string of the molecule is CC(=O)c1cc(C(=O)Oc2ccc3nccnc3c2)n(C)c1. The van der Waals surface area contributed by atoms with Gasteiger partial charge < -0.3 is 9.30 Å². The van der Waals surface area contributed by atoms with Gasteiger partial charge in [-0.15, -0.1) is 0 Å². The quantitative estimate of drug-likeness (QED) is 0.421. The van der Waals surface area contributed by atoms with E-state index >= 15 is 0 Å². The number of Topliss-reactive ketones (excluding diaryl/α,β-unsaturated/α-hetero) is 1. The van der Waals surface area contributed by atoms with Gasteiger partial charge >= 0.3 is 5.97 Å². The van der Waals surface area contributed by atoms with Gasteiger partial charge in [0.2, 0.25) is 0 Å². The lowest BCUT2D eigenvalue weighted by Crippen LogP contribution is -2.12. The van der Waals surface area contributed by atoms with Gasteiger partial charge in [-0.1, -0.05) is 0 Å². The molecule has 2 aromatic heterocycles. The molecule has 0 N–H and O–H groups in total. The van der Waals surface area contributed by atoms with E-state index in [9.17, 15) is 9.59 Å². The third-order valence-electron chi connectivity index (χ3n) is 3.27. The van der Waals surface area contributed by atoms with E-state index in [0.29, 0.717) is 22.5 Å². The molecule has 0 unspecified atom stereocenters. The zero-order valence-corrected chi connectivity index (χ0v) is 12.1. The van der Waals surface area contributed by atoms with Crippen molar-refractivity contribution in [1.82, 2.24) is 14.5 Å². The van der Waals surface area contributed by atoms with Crippen LogP contribution >= 0.6 is 0 Å². The number of aryl methyl sites for hydroxylation is 1. The summed E-state index contributed by atoms with van der Waals surface area (Å²) < 4.78 is 6.91. The second-order valence-electron chi connectivity index (χ2n) is 4.88. The van der Waals surface area contributed by atoms with Gasteiger partial charge in [-0.05, 0) is 25.1 Å². The van der Waals surface area contributed by atoms with E-state index in [1.165, 1.54) is 13.0 Å². The van der Waals surface area contributed by atoms with Crippen molar-refractivity contribution in [2.75, 3.05) is 0 Å². The Bertz CT molecular complexity index is 883. The highest BCUT2D eigenvalue weighted by molar-refractivity contribution is 5.98. The molecule has 0 saturated heterocycles. The minimum Gasteiger partial charge on any atom is -0.422 e. The Balaban J connectivity index is 1.88. The number of hydrogen-bond donors (Lipinski definition) is 0. The number of fused-ring (bicyclic) bond motifs is 1. The molecule has 0 saturated carbocycles. The molecule has 1 aromatic carbocycles. The van der Waals surface area contributed by atoms with Crippen molar-refractivity contribution in [3.05, 3.63) is 54.1 Å². The summed E-state index contributed by atoms with van der Waals surface area (Å²) >= 11 is 0. The highest BCUT2D eigenvalue weighted by Crippen LogP contribution is 2.19. The van der Waals surface area contributed by atoms with Gasteiger partial charge in [0.25, 0.3) is 0 Å². The summed E-state index contributed by atoms with van der Waals surface area (Å²) in [6, 6.07) is 6.56. The lowest BCUT2D eigenvalue weighted by molar-refractivity contribution is 0.0725. The van der Waals surface area contributed by atoms with Crippen molar-refractivity contribution in [1.29, 1.82) is 0 Å². The van der Waals surface area contributed by atoms with Crippen molar-refractivity contribution >= 4 is 22.8 Å². The summed E-state index contributed by atoms with van der Waals surface area (Å²) in [7, 11) is 1.69. The predicted octanol–water partition coefficient (Wildman–Crippen LogP) is 2.39. The number of esters is 1. The Morgan fingerprint density at radius 3 is 2.50 bits per heavy atom. The molecule has 3 aromatic rings. The Hall–Kier alpha value is -3.02. The summed E-state index contributed by atoms with van der Waals surface area (Å²) in [4.78, 5) is 31.9. The van der Waals surface area contributed by atoms with Crippen molar-refractivity contribution in [2.45, 2.75) is 6.92 Å². The molecule has 22 heavy (non-hydrogen) atoms. The van der Waals surface area contributed by atoms with Crippen molar-refractivity contribution in [3.63, 3.8) is 0 Å². The van der Waals surface area contributed by atoms with Gasteiger partial charge in [0, 0.05) is 37.3 Å². The van der Waals surface area contributed by atoms with Crippen LogP contribution in [0.15, 0.2) is 42.9 Å². The van der Waals surface area contributed by atoms with Gasteiger partial charge in [-0.25, -0.2) is 4.79 Å². The summed E-state index contributed by atoms with van der Waals surface area (Å²) in [5.41, 5.74) is 2.15. The number of carbonyl (C=O) groups is 2. The molecule has 0 fully saturated rings. The van der Waals surface area contributed by atoms with E-state index in [4.69, 9.17) is 4.74 Å². The molecule has 0 aliphatic rings. The van der Waals surface area contributed by atoms with Crippen LogP contribution in [-0.2, 0) is 7.05 Å². The van der Waals surface area contributed by atoms with E-state index < -0.39 is 5.97 Å². The zero-order chi connectivity index (χ0) is 15.7. The maximum absolute atomic E-state index is 12.2. The van der Waals surface area contributed by atoms with Crippen LogP contribution in [0.1, 0.15) is 27.8 Å². The van der Waals surface area contributed by atoms with Gasteiger partial charge in [-0.3, -0.25) is 14.8 Å². The first-order valence-corrected chi connectivity index (χ1v) is 6.65. The molecule has 2 heterocycles. The fraction of sp³-hybridized carbons (Fsp3) is 0.125. The van der Waals surface area contributed by atoms with Crippen molar-refractivity contribution in [3.8, 4) is 5.75 Å². The van der Waals surface area contributed by atoms with Crippen LogP contribution in [0.4, 0.5) is 0 Å². The third kappa shape index (κ3) is 2.58. The molecule has 0 aliphatic carbocycles. The van der Waals surface area contributed by atoms with Gasteiger partial charge in [-0.2, -0.15) is 0 Å². The van der Waals surface area contributed by atoms with Crippen LogP contribution in [0.3, 0.4) is 0 Å². The number of ketones is 1. The highest BCUT2D eigenvalue weighted by atomic mass is 16.5. The molecule has 0 aliphatic heterocycles. The van der Waals surface area contributed by atoms with E-state index in [-0.39, 0.29) is 5.78 Å². The Labute approximate surface area is 126 Å². The van der Waals surface area contributed by atoms with Crippen LogP contribution in [-0.4, -0.2) is 26.3 Å². The smallest absolute Gasteiger partial charge is 0.360 e. The number of rotatable bonds is 3. The monoisotopic (exact) mass is 295 g/mol. The lowest BCUT2D eigenvalue weighted by atomic mass is 10.2. The number of carbonyl (C=O) groups excluding carboxylic acids is 2. The highest BCUT2D eigenvalue weighted by Gasteiger charge is 2.16. The first-order valence-electron chi connectivity index (χ1n) is 6.65. The van der Waals surface area contributed by atoms with E-state index in [2.05, 4.69) is 9.97 Å². The molecule has 3 rings (SSSR count). The summed E-state index contributed by atoms with van der Waals surface area (Å²) in [5.74, 6) is -0.252. The Morgan fingerprint density at radius 1 is 1.09 bits per heavy atom. The maximum atomic E-state index is 12.2. The molecule has 0 spiro atoms. The normalized spacial score (nSPS) is 10.6. The molecule has 6 heteroatoms. The van der Waals surface area contributed by atoms with Gasteiger partial charge in [0.05, 0.1) is 11.0 Å². The lowest BCUT2D eigenvalue weighted by Gasteiger charge is -2.05. The largest absolute Gasteiger partial charge is 0.422 e. The number of aromatic nitrogens is 3. The van der Waals surface area contributed by atoms with Crippen LogP contribution in [0, 0.1) is 0 Å². The standard InChI is InChI=1S/C16H13N3O3/c1-10(20)11-7-15(19(2)9-11)16(21)22-12-3-4-13-14(8-12)18-6-5-17-13/h3-9H,1-2H3. The molecule has 0 atom stereocenters. The van der Waals surface area contributed by atoms with Crippen LogP contribution in [0.25, 0.3) is 11.0 Å². The van der Waals surface area contributed by atoms with E-state index in [1.54, 1.807) is 48.4 Å². The summed E-state index contributed by atoms with van der Waals surface area (Å²) in [5, 5.41) is 0. The fourth-order valence-electron chi connectivity index (χ4n) is 2.13. The van der Waals surface area contributed by atoms with Crippen LogP contribution in [0.5, 0.6) is 5.75 Å². The molecular formula is C16H13N3O3.